The zero-order valence-electron chi connectivity index (χ0n) is 10.3. The minimum absolute atomic E-state index is 0.0439. The van der Waals surface area contributed by atoms with Crippen LogP contribution < -0.4 is 4.90 Å². The summed E-state index contributed by atoms with van der Waals surface area (Å²) in [5.41, 5.74) is -0.0439. The Kier molecular flexibility index (Phi) is 3.76. The highest BCUT2D eigenvalue weighted by atomic mass is 16.4. The lowest BCUT2D eigenvalue weighted by atomic mass is 9.92. The Morgan fingerprint density at radius 1 is 1.39 bits per heavy atom. The summed E-state index contributed by atoms with van der Waals surface area (Å²) >= 11 is 0. The molecule has 6 nitrogen and oxygen atoms in total. The molecule has 18 heavy (non-hydrogen) atoms. The van der Waals surface area contributed by atoms with Crippen molar-refractivity contribution in [3.8, 4) is 0 Å². The quantitative estimate of drug-likeness (QED) is 0.825. The lowest BCUT2D eigenvalue weighted by Crippen LogP contribution is -2.37. The van der Waals surface area contributed by atoms with Gasteiger partial charge in [0.15, 0.2) is 11.5 Å². The molecule has 1 atom stereocenters. The molecule has 0 aliphatic carbocycles. The van der Waals surface area contributed by atoms with Gasteiger partial charge in [0, 0.05) is 13.1 Å². The van der Waals surface area contributed by atoms with E-state index in [0.29, 0.717) is 11.7 Å². The van der Waals surface area contributed by atoms with Crippen molar-refractivity contribution in [1.82, 2.24) is 10.2 Å². The molecule has 1 aliphatic heterocycles. The molecule has 2 rings (SSSR count). The van der Waals surface area contributed by atoms with Crippen molar-refractivity contribution < 1.29 is 15.0 Å². The van der Waals surface area contributed by atoms with E-state index in [1.807, 2.05) is 6.92 Å². The average molecular weight is 251 g/mol. The molecule has 6 heteroatoms. The van der Waals surface area contributed by atoms with Gasteiger partial charge in [-0.25, -0.2) is 4.79 Å². The van der Waals surface area contributed by atoms with Crippen LogP contribution in [-0.2, 0) is 0 Å². The van der Waals surface area contributed by atoms with Gasteiger partial charge in [-0.2, -0.15) is 0 Å². The van der Waals surface area contributed by atoms with E-state index in [1.54, 1.807) is 6.07 Å². The summed E-state index contributed by atoms with van der Waals surface area (Å²) < 4.78 is 0. The molecule has 2 heterocycles. The predicted octanol–water partition coefficient (Wildman–Crippen LogP) is 0.772. The van der Waals surface area contributed by atoms with E-state index in [-0.39, 0.29) is 11.8 Å². The first-order valence-corrected chi connectivity index (χ1v) is 6.08. The van der Waals surface area contributed by atoms with Crippen molar-refractivity contribution in [3.63, 3.8) is 0 Å². The van der Waals surface area contributed by atoms with Crippen LogP contribution in [0.4, 0.5) is 5.82 Å². The molecule has 0 aromatic carbocycles. The second kappa shape index (κ2) is 5.30. The maximum atomic E-state index is 10.7. The maximum absolute atomic E-state index is 10.7. The number of aliphatic hydroxyl groups is 1. The van der Waals surface area contributed by atoms with Gasteiger partial charge in [-0.3, -0.25) is 0 Å². The lowest BCUT2D eigenvalue weighted by Gasteiger charge is -2.33. The molecule has 0 amide bonds. The van der Waals surface area contributed by atoms with Crippen LogP contribution in [0.15, 0.2) is 12.1 Å². The standard InChI is InChI=1S/C12H17N3O3/c1-8(16)9-4-6-15(7-5-9)11-3-2-10(12(17)18)13-14-11/h2-3,8-9,16H,4-7H2,1H3,(H,17,18). The SMILES string of the molecule is CC(O)C1CCN(c2ccc(C(=O)O)nn2)CC1. The number of anilines is 1. The van der Waals surface area contributed by atoms with Gasteiger partial charge in [0.25, 0.3) is 0 Å². The fourth-order valence-corrected chi connectivity index (χ4v) is 2.22. The largest absolute Gasteiger partial charge is 0.476 e. The third-order valence-corrected chi connectivity index (χ3v) is 3.42. The van der Waals surface area contributed by atoms with Crippen molar-refractivity contribution in [2.24, 2.45) is 5.92 Å². The van der Waals surface area contributed by atoms with Gasteiger partial charge in [0.2, 0.25) is 0 Å². The number of carbonyl (C=O) groups is 1. The first kappa shape index (κ1) is 12.8. The summed E-state index contributed by atoms with van der Waals surface area (Å²) in [6.45, 7) is 3.45. The Hall–Kier alpha value is -1.69. The van der Waals surface area contributed by atoms with Crippen molar-refractivity contribution in [2.45, 2.75) is 25.9 Å². The number of aromatic nitrogens is 2. The Labute approximate surface area is 105 Å². The number of carboxylic acids is 1. The van der Waals surface area contributed by atoms with Crippen LogP contribution in [-0.4, -0.2) is 45.6 Å². The van der Waals surface area contributed by atoms with Crippen LogP contribution in [0.1, 0.15) is 30.3 Å². The Balaban J connectivity index is 1.99. The van der Waals surface area contributed by atoms with Gasteiger partial charge in [-0.05, 0) is 37.8 Å². The third kappa shape index (κ3) is 2.76. The highest BCUT2D eigenvalue weighted by Gasteiger charge is 2.23. The van der Waals surface area contributed by atoms with E-state index in [2.05, 4.69) is 15.1 Å². The second-order valence-corrected chi connectivity index (χ2v) is 4.65. The smallest absolute Gasteiger partial charge is 0.356 e. The van der Waals surface area contributed by atoms with Gasteiger partial charge in [-0.15, -0.1) is 10.2 Å². The topological polar surface area (TPSA) is 86.5 Å². The molecule has 0 bridgehead atoms. The summed E-state index contributed by atoms with van der Waals surface area (Å²) in [5.74, 6) is -0.0293. The monoisotopic (exact) mass is 251 g/mol. The van der Waals surface area contributed by atoms with E-state index in [4.69, 9.17) is 5.11 Å². The molecule has 0 spiro atoms. The summed E-state index contributed by atoms with van der Waals surface area (Å²) in [6.07, 6.45) is 1.56. The molecule has 1 aromatic heterocycles. The van der Waals surface area contributed by atoms with Gasteiger partial charge in [0.1, 0.15) is 0 Å². The minimum Gasteiger partial charge on any atom is -0.476 e. The highest BCUT2D eigenvalue weighted by Crippen LogP contribution is 2.23. The fourth-order valence-electron chi connectivity index (χ4n) is 2.22. The van der Waals surface area contributed by atoms with Crippen molar-refractivity contribution in [1.29, 1.82) is 0 Å². The highest BCUT2D eigenvalue weighted by molar-refractivity contribution is 5.85. The van der Waals surface area contributed by atoms with E-state index >= 15 is 0 Å². The van der Waals surface area contributed by atoms with Crippen LogP contribution in [0.3, 0.4) is 0 Å². The van der Waals surface area contributed by atoms with Gasteiger partial charge >= 0.3 is 5.97 Å². The van der Waals surface area contributed by atoms with Crippen LogP contribution in [0.5, 0.6) is 0 Å². The number of rotatable bonds is 3. The minimum atomic E-state index is -1.07. The zero-order chi connectivity index (χ0) is 13.1. The number of hydrogen-bond donors (Lipinski definition) is 2. The summed E-state index contributed by atoms with van der Waals surface area (Å²) in [4.78, 5) is 12.7. The zero-order valence-corrected chi connectivity index (χ0v) is 10.3. The Morgan fingerprint density at radius 3 is 2.50 bits per heavy atom. The summed E-state index contributed by atoms with van der Waals surface area (Å²) in [7, 11) is 0. The molecule has 98 valence electrons. The molecule has 1 aromatic rings. The van der Waals surface area contributed by atoms with Crippen LogP contribution in [0.25, 0.3) is 0 Å². The number of aliphatic hydroxyl groups excluding tert-OH is 1. The number of carboxylic acid groups (broad SMARTS) is 1. The number of piperidine rings is 1. The van der Waals surface area contributed by atoms with E-state index < -0.39 is 5.97 Å². The molecule has 1 unspecified atom stereocenters. The predicted molar refractivity (Wildman–Crippen MR) is 65.6 cm³/mol. The van der Waals surface area contributed by atoms with E-state index in [9.17, 15) is 9.90 Å². The Morgan fingerprint density at radius 2 is 2.06 bits per heavy atom. The second-order valence-electron chi connectivity index (χ2n) is 4.65. The molecule has 2 N–H and O–H groups in total. The molecule has 0 saturated carbocycles. The maximum Gasteiger partial charge on any atom is 0.356 e. The van der Waals surface area contributed by atoms with Crippen molar-refractivity contribution in [2.75, 3.05) is 18.0 Å². The van der Waals surface area contributed by atoms with Crippen molar-refractivity contribution >= 4 is 11.8 Å². The van der Waals surface area contributed by atoms with E-state index in [1.165, 1.54) is 6.07 Å². The molecule has 1 saturated heterocycles. The number of hydrogen-bond acceptors (Lipinski definition) is 5. The first-order chi connectivity index (χ1) is 8.58. The number of nitrogens with zero attached hydrogens (tertiary/aromatic N) is 3. The van der Waals surface area contributed by atoms with Crippen LogP contribution in [0, 0.1) is 5.92 Å². The normalized spacial score (nSPS) is 18.7. The van der Waals surface area contributed by atoms with E-state index in [0.717, 1.165) is 25.9 Å². The first-order valence-electron chi connectivity index (χ1n) is 6.08. The molecule has 0 radical (unpaired) electrons. The molecule has 1 fully saturated rings. The molecule has 1 aliphatic rings. The van der Waals surface area contributed by atoms with Crippen LogP contribution in [0.2, 0.25) is 0 Å². The lowest BCUT2D eigenvalue weighted by molar-refractivity contribution is 0.0689. The fraction of sp³-hybridized carbons (Fsp3) is 0.583. The molecular formula is C12H17N3O3. The van der Waals surface area contributed by atoms with Crippen LogP contribution >= 0.6 is 0 Å². The van der Waals surface area contributed by atoms with Gasteiger partial charge < -0.3 is 15.1 Å². The average Bonchev–Trinajstić information content (AvgIpc) is 2.39. The third-order valence-electron chi connectivity index (χ3n) is 3.42. The van der Waals surface area contributed by atoms with Gasteiger partial charge in [-0.1, -0.05) is 0 Å². The van der Waals surface area contributed by atoms with Gasteiger partial charge in [0.05, 0.1) is 6.10 Å². The summed E-state index contributed by atoms with van der Waals surface area (Å²) in [6, 6.07) is 3.14. The summed E-state index contributed by atoms with van der Waals surface area (Å²) in [5, 5.41) is 25.9. The van der Waals surface area contributed by atoms with Crippen molar-refractivity contribution in [3.05, 3.63) is 17.8 Å². The Bertz CT molecular complexity index is 411. The molecular weight excluding hydrogens is 234 g/mol. The number of aromatic carboxylic acids is 1.